The molecular formula is C7H12O5. The van der Waals surface area contributed by atoms with Crippen LogP contribution in [0.3, 0.4) is 0 Å². The van der Waals surface area contributed by atoms with Crippen LogP contribution < -0.4 is 0 Å². The average Bonchev–Trinajstić information content (AvgIpc) is 2.08. The minimum Gasteiger partial charge on any atom is -0.388 e. The van der Waals surface area contributed by atoms with E-state index in [0.29, 0.717) is 6.29 Å². The normalized spacial score (nSPS) is 48.8. The van der Waals surface area contributed by atoms with Crippen LogP contribution in [0.4, 0.5) is 0 Å². The van der Waals surface area contributed by atoms with Crippen molar-refractivity contribution in [2.24, 2.45) is 0 Å². The third kappa shape index (κ3) is 1.49. The summed E-state index contributed by atoms with van der Waals surface area (Å²) in [6.45, 7) is 1.52. The number of carbonyl (C=O) groups is 1. The van der Waals surface area contributed by atoms with Gasteiger partial charge in [0.25, 0.3) is 0 Å². The van der Waals surface area contributed by atoms with E-state index in [1.807, 2.05) is 0 Å². The van der Waals surface area contributed by atoms with Crippen LogP contribution in [0, 0.1) is 0 Å². The molecule has 0 aromatic heterocycles. The van der Waals surface area contributed by atoms with Gasteiger partial charge in [0.15, 0.2) is 6.29 Å². The average molecular weight is 176 g/mol. The number of carbonyl (C=O) groups excluding carboxylic acids is 1. The molecule has 0 aromatic carbocycles. The molecule has 0 amide bonds. The largest absolute Gasteiger partial charge is 0.388 e. The van der Waals surface area contributed by atoms with Crippen LogP contribution in [0.25, 0.3) is 0 Å². The number of aldehydes is 1. The molecule has 5 atom stereocenters. The molecule has 5 heteroatoms. The van der Waals surface area contributed by atoms with Gasteiger partial charge >= 0.3 is 0 Å². The summed E-state index contributed by atoms with van der Waals surface area (Å²) in [5.41, 5.74) is 0. The van der Waals surface area contributed by atoms with E-state index in [9.17, 15) is 15.0 Å². The Morgan fingerprint density at radius 1 is 1.17 bits per heavy atom. The molecular weight excluding hydrogens is 164 g/mol. The van der Waals surface area contributed by atoms with E-state index in [2.05, 4.69) is 0 Å². The van der Waals surface area contributed by atoms with Crippen molar-refractivity contribution in [3.63, 3.8) is 0 Å². The summed E-state index contributed by atoms with van der Waals surface area (Å²) in [5, 5.41) is 27.5. The molecule has 1 fully saturated rings. The maximum absolute atomic E-state index is 10.3. The fourth-order valence-corrected chi connectivity index (χ4v) is 1.20. The van der Waals surface area contributed by atoms with E-state index in [1.54, 1.807) is 0 Å². The van der Waals surface area contributed by atoms with Gasteiger partial charge in [-0.05, 0) is 6.92 Å². The highest BCUT2D eigenvalue weighted by Gasteiger charge is 2.41. The van der Waals surface area contributed by atoms with Crippen LogP contribution >= 0.6 is 0 Å². The second kappa shape index (κ2) is 3.49. The van der Waals surface area contributed by atoms with Crippen LogP contribution in [-0.2, 0) is 9.53 Å². The predicted molar refractivity (Wildman–Crippen MR) is 38.4 cm³/mol. The fraction of sp³-hybridized carbons (Fsp3) is 0.857. The molecule has 1 unspecified atom stereocenters. The Morgan fingerprint density at radius 2 is 1.75 bits per heavy atom. The zero-order chi connectivity index (χ0) is 9.30. The third-order valence-corrected chi connectivity index (χ3v) is 2.02. The van der Waals surface area contributed by atoms with Crippen LogP contribution in [0.1, 0.15) is 6.92 Å². The second-order valence-electron chi connectivity index (χ2n) is 2.91. The number of aliphatic hydroxyl groups is 3. The summed E-state index contributed by atoms with van der Waals surface area (Å²) >= 11 is 0. The van der Waals surface area contributed by atoms with Gasteiger partial charge in [-0.2, -0.15) is 0 Å². The summed E-state index contributed by atoms with van der Waals surface area (Å²) in [6.07, 6.45) is -5.07. The Hall–Kier alpha value is -0.490. The van der Waals surface area contributed by atoms with Crippen molar-refractivity contribution >= 4 is 6.29 Å². The minimum atomic E-state index is -1.34. The van der Waals surface area contributed by atoms with E-state index < -0.39 is 30.5 Å². The van der Waals surface area contributed by atoms with Gasteiger partial charge in [-0.3, -0.25) is 0 Å². The lowest BCUT2D eigenvalue weighted by molar-refractivity contribution is -0.210. The quantitative estimate of drug-likeness (QED) is 0.404. The van der Waals surface area contributed by atoms with Crippen LogP contribution in [0.5, 0.6) is 0 Å². The molecule has 0 saturated carbocycles. The predicted octanol–water partition coefficient (Wildman–Crippen LogP) is -1.94. The molecule has 0 aromatic rings. The summed E-state index contributed by atoms with van der Waals surface area (Å²) < 4.78 is 4.90. The van der Waals surface area contributed by atoms with E-state index in [1.165, 1.54) is 6.92 Å². The third-order valence-electron chi connectivity index (χ3n) is 2.02. The Morgan fingerprint density at radius 3 is 2.25 bits per heavy atom. The first-order chi connectivity index (χ1) is 5.57. The van der Waals surface area contributed by atoms with E-state index in [4.69, 9.17) is 9.84 Å². The number of hydrogen-bond acceptors (Lipinski definition) is 5. The lowest BCUT2D eigenvalue weighted by Gasteiger charge is -2.36. The SMILES string of the molecule is CC1O[C@H](C=O)[C@@H](O)[C@H](O)[C@H]1O. The van der Waals surface area contributed by atoms with Crippen molar-refractivity contribution in [1.29, 1.82) is 0 Å². The summed E-state index contributed by atoms with van der Waals surface area (Å²) in [6, 6.07) is 0. The number of hydrogen-bond donors (Lipinski definition) is 3. The molecule has 1 aliphatic heterocycles. The minimum absolute atomic E-state index is 0.413. The number of aliphatic hydroxyl groups excluding tert-OH is 3. The summed E-state index contributed by atoms with van der Waals surface area (Å²) in [5.74, 6) is 0. The first kappa shape index (κ1) is 9.60. The standard InChI is InChI=1S/C7H12O5/c1-3-5(9)7(11)6(10)4(2-8)12-3/h2-7,9-11H,1H3/t3?,4-,5+,6-,7-/m1/s1. The van der Waals surface area contributed by atoms with Gasteiger partial charge < -0.3 is 24.9 Å². The molecule has 1 saturated heterocycles. The number of rotatable bonds is 1. The van der Waals surface area contributed by atoms with Gasteiger partial charge in [-0.25, -0.2) is 0 Å². The zero-order valence-electron chi connectivity index (χ0n) is 6.62. The molecule has 70 valence electrons. The first-order valence-corrected chi connectivity index (χ1v) is 3.73. The number of ether oxygens (including phenoxy) is 1. The van der Waals surface area contributed by atoms with Crippen molar-refractivity contribution in [3.05, 3.63) is 0 Å². The van der Waals surface area contributed by atoms with Crippen LogP contribution in [0.2, 0.25) is 0 Å². The molecule has 1 aliphatic rings. The second-order valence-corrected chi connectivity index (χ2v) is 2.91. The van der Waals surface area contributed by atoms with Crippen molar-refractivity contribution < 1.29 is 24.9 Å². The maximum Gasteiger partial charge on any atom is 0.151 e. The lowest BCUT2D eigenvalue weighted by Crippen LogP contribution is -2.57. The van der Waals surface area contributed by atoms with Crippen molar-refractivity contribution in [3.8, 4) is 0 Å². The first-order valence-electron chi connectivity index (χ1n) is 3.73. The molecule has 1 heterocycles. The summed E-state index contributed by atoms with van der Waals surface area (Å²) in [4.78, 5) is 10.3. The van der Waals surface area contributed by atoms with Gasteiger partial charge in [0.1, 0.15) is 24.4 Å². The lowest BCUT2D eigenvalue weighted by atomic mass is 9.96. The Kier molecular flexibility index (Phi) is 2.79. The van der Waals surface area contributed by atoms with Crippen LogP contribution in [0.15, 0.2) is 0 Å². The molecule has 1 rings (SSSR count). The van der Waals surface area contributed by atoms with Crippen LogP contribution in [-0.4, -0.2) is 52.1 Å². The Labute approximate surface area is 69.6 Å². The zero-order valence-corrected chi connectivity index (χ0v) is 6.62. The van der Waals surface area contributed by atoms with Gasteiger partial charge in [0.2, 0.25) is 0 Å². The monoisotopic (exact) mass is 176 g/mol. The molecule has 0 radical (unpaired) electrons. The molecule has 0 spiro atoms. The molecule has 0 bridgehead atoms. The van der Waals surface area contributed by atoms with Crippen molar-refractivity contribution in [1.82, 2.24) is 0 Å². The fourth-order valence-electron chi connectivity index (χ4n) is 1.20. The topological polar surface area (TPSA) is 87.0 Å². The Bertz CT molecular complexity index is 171. The Balaban J connectivity index is 2.70. The highest BCUT2D eigenvalue weighted by Crippen LogP contribution is 2.19. The van der Waals surface area contributed by atoms with Gasteiger partial charge in [0, 0.05) is 0 Å². The molecule has 12 heavy (non-hydrogen) atoms. The van der Waals surface area contributed by atoms with Gasteiger partial charge in [-0.1, -0.05) is 0 Å². The molecule has 0 aliphatic carbocycles. The summed E-state index contributed by atoms with van der Waals surface area (Å²) in [7, 11) is 0. The van der Waals surface area contributed by atoms with Crippen molar-refractivity contribution in [2.75, 3.05) is 0 Å². The smallest absolute Gasteiger partial charge is 0.151 e. The van der Waals surface area contributed by atoms with E-state index in [0.717, 1.165) is 0 Å². The van der Waals surface area contributed by atoms with Gasteiger partial charge in [0.05, 0.1) is 6.10 Å². The maximum atomic E-state index is 10.3. The van der Waals surface area contributed by atoms with E-state index in [-0.39, 0.29) is 0 Å². The molecule has 5 nitrogen and oxygen atoms in total. The van der Waals surface area contributed by atoms with Gasteiger partial charge in [-0.15, -0.1) is 0 Å². The highest BCUT2D eigenvalue weighted by molar-refractivity contribution is 5.57. The van der Waals surface area contributed by atoms with E-state index >= 15 is 0 Å². The highest BCUT2D eigenvalue weighted by atomic mass is 16.5. The van der Waals surface area contributed by atoms with Crippen molar-refractivity contribution in [2.45, 2.75) is 37.4 Å². The molecule has 3 N–H and O–H groups in total.